The van der Waals surface area contributed by atoms with Crippen molar-refractivity contribution in [1.82, 2.24) is 14.7 Å². The number of aromatic nitrogens is 2. The zero-order chi connectivity index (χ0) is 22.7. The molecule has 1 aromatic heterocycles. The Kier molecular flexibility index (Phi) is 6.35. The molecule has 0 spiro atoms. The van der Waals surface area contributed by atoms with Gasteiger partial charge in [-0.2, -0.15) is 5.10 Å². The van der Waals surface area contributed by atoms with Crippen LogP contribution < -0.4 is 10.9 Å². The Balaban J connectivity index is 1.60. The van der Waals surface area contributed by atoms with Gasteiger partial charge in [-0.05, 0) is 37.0 Å². The quantitative estimate of drug-likeness (QED) is 0.668. The summed E-state index contributed by atoms with van der Waals surface area (Å²) in [5.74, 6) is -0.404. The van der Waals surface area contributed by atoms with E-state index in [9.17, 15) is 14.4 Å². The predicted molar refractivity (Wildman–Crippen MR) is 125 cm³/mol. The van der Waals surface area contributed by atoms with Crippen LogP contribution in [0.1, 0.15) is 37.2 Å². The van der Waals surface area contributed by atoms with Gasteiger partial charge in [-0.1, -0.05) is 50.2 Å². The van der Waals surface area contributed by atoms with Crippen molar-refractivity contribution in [1.29, 1.82) is 0 Å². The third-order valence-corrected chi connectivity index (χ3v) is 5.73. The van der Waals surface area contributed by atoms with Gasteiger partial charge in [0.2, 0.25) is 5.91 Å². The van der Waals surface area contributed by atoms with Crippen LogP contribution in [0.25, 0.3) is 10.8 Å². The van der Waals surface area contributed by atoms with Gasteiger partial charge >= 0.3 is 0 Å². The van der Waals surface area contributed by atoms with Gasteiger partial charge in [0.05, 0.1) is 11.3 Å². The Labute approximate surface area is 187 Å². The summed E-state index contributed by atoms with van der Waals surface area (Å²) in [5, 5.41) is 8.45. The minimum atomic E-state index is -0.291. The van der Waals surface area contributed by atoms with Crippen LogP contribution >= 0.6 is 0 Å². The average Bonchev–Trinajstić information content (AvgIpc) is 2.81. The van der Waals surface area contributed by atoms with E-state index in [2.05, 4.69) is 10.4 Å². The average molecular weight is 433 g/mol. The smallest absolute Gasteiger partial charge is 0.274 e. The van der Waals surface area contributed by atoms with Crippen molar-refractivity contribution in [2.45, 2.75) is 33.2 Å². The number of hydrogen-bond acceptors (Lipinski definition) is 4. The zero-order valence-electron chi connectivity index (χ0n) is 18.5. The molecule has 1 aliphatic rings. The summed E-state index contributed by atoms with van der Waals surface area (Å²) < 4.78 is 1.39. The number of rotatable bonds is 5. The monoisotopic (exact) mass is 432 g/mol. The summed E-state index contributed by atoms with van der Waals surface area (Å²) >= 11 is 0. The fraction of sp³-hybridized carbons (Fsp3) is 0.360. The number of nitrogens with zero attached hydrogens (tertiary/aromatic N) is 3. The highest BCUT2D eigenvalue weighted by Gasteiger charge is 2.31. The molecule has 166 valence electrons. The molecular formula is C25H28N4O3. The molecule has 4 rings (SSSR count). The summed E-state index contributed by atoms with van der Waals surface area (Å²) in [4.78, 5) is 40.8. The van der Waals surface area contributed by atoms with Gasteiger partial charge in [0.15, 0.2) is 5.69 Å². The second kappa shape index (κ2) is 9.34. The summed E-state index contributed by atoms with van der Waals surface area (Å²) in [5.41, 5.74) is 0.823. The summed E-state index contributed by atoms with van der Waals surface area (Å²) in [6, 6.07) is 16.4. The van der Waals surface area contributed by atoms with E-state index in [4.69, 9.17) is 0 Å². The maximum absolute atomic E-state index is 13.5. The van der Waals surface area contributed by atoms with E-state index in [1.54, 1.807) is 29.2 Å². The molecule has 1 saturated heterocycles. The number of piperidine rings is 1. The maximum atomic E-state index is 13.5. The molecular weight excluding hydrogens is 404 g/mol. The molecule has 0 radical (unpaired) electrons. The van der Waals surface area contributed by atoms with Gasteiger partial charge in [-0.3, -0.25) is 14.4 Å². The number of likely N-dealkylation sites (tertiary alicyclic amines) is 1. The molecule has 1 fully saturated rings. The van der Waals surface area contributed by atoms with Crippen molar-refractivity contribution in [3.8, 4) is 0 Å². The minimum absolute atomic E-state index is 0.0868. The third-order valence-electron chi connectivity index (χ3n) is 5.73. The van der Waals surface area contributed by atoms with Crippen molar-refractivity contribution < 1.29 is 9.59 Å². The fourth-order valence-electron chi connectivity index (χ4n) is 4.15. The van der Waals surface area contributed by atoms with Crippen molar-refractivity contribution in [2.24, 2.45) is 11.8 Å². The van der Waals surface area contributed by atoms with E-state index in [1.165, 1.54) is 4.68 Å². The van der Waals surface area contributed by atoms with Crippen LogP contribution in [0.2, 0.25) is 0 Å². The first-order valence-electron chi connectivity index (χ1n) is 11.1. The van der Waals surface area contributed by atoms with Crippen molar-refractivity contribution >= 4 is 28.3 Å². The highest BCUT2D eigenvalue weighted by molar-refractivity contribution is 6.05. The molecule has 2 aromatic carbocycles. The fourth-order valence-corrected chi connectivity index (χ4v) is 4.15. The van der Waals surface area contributed by atoms with Crippen LogP contribution in [-0.2, 0) is 11.3 Å². The number of nitrogens with one attached hydrogen (secondary N) is 1. The van der Waals surface area contributed by atoms with Crippen LogP contribution in [-0.4, -0.2) is 39.6 Å². The topological polar surface area (TPSA) is 84.3 Å². The lowest BCUT2D eigenvalue weighted by Crippen LogP contribution is -2.44. The largest absolute Gasteiger partial charge is 0.336 e. The number of carbonyl (C=O) groups excluding carboxylic acids is 2. The molecule has 0 bridgehead atoms. The first-order valence-corrected chi connectivity index (χ1v) is 11.1. The molecule has 7 nitrogen and oxygen atoms in total. The molecule has 2 heterocycles. The Bertz CT molecular complexity index is 1190. The van der Waals surface area contributed by atoms with Crippen LogP contribution in [0.4, 0.5) is 5.69 Å². The summed E-state index contributed by atoms with van der Waals surface area (Å²) in [6.07, 6.45) is 1.46. The van der Waals surface area contributed by atoms with E-state index in [0.29, 0.717) is 30.4 Å². The number of fused-ring (bicyclic) bond motifs is 1. The number of hydrogen-bond donors (Lipinski definition) is 1. The normalized spacial score (nSPS) is 16.3. The van der Waals surface area contributed by atoms with Crippen LogP contribution in [0.5, 0.6) is 0 Å². The van der Waals surface area contributed by atoms with E-state index in [-0.39, 0.29) is 34.9 Å². The first-order chi connectivity index (χ1) is 15.4. The van der Waals surface area contributed by atoms with Crippen LogP contribution in [0.3, 0.4) is 0 Å². The van der Waals surface area contributed by atoms with Gasteiger partial charge in [0, 0.05) is 30.7 Å². The molecule has 1 unspecified atom stereocenters. The van der Waals surface area contributed by atoms with Gasteiger partial charge in [-0.25, -0.2) is 4.68 Å². The Morgan fingerprint density at radius 2 is 1.75 bits per heavy atom. The lowest BCUT2D eigenvalue weighted by molar-refractivity contribution is -0.121. The molecule has 1 N–H and O–H groups in total. The van der Waals surface area contributed by atoms with Gasteiger partial charge in [0.25, 0.3) is 11.5 Å². The lowest BCUT2D eigenvalue weighted by Gasteiger charge is -2.32. The van der Waals surface area contributed by atoms with E-state index < -0.39 is 0 Å². The van der Waals surface area contributed by atoms with Gasteiger partial charge in [-0.15, -0.1) is 0 Å². The second-order valence-corrected chi connectivity index (χ2v) is 8.72. The summed E-state index contributed by atoms with van der Waals surface area (Å²) in [6.45, 7) is 5.34. The molecule has 1 aliphatic heterocycles. The maximum Gasteiger partial charge on any atom is 0.274 e. The number of amides is 2. The van der Waals surface area contributed by atoms with Crippen LogP contribution in [0, 0.1) is 11.8 Å². The third kappa shape index (κ3) is 4.56. The SMILES string of the molecule is CC(C)Cn1nc(C(=O)N2CCCC(C(=O)Nc3ccccc3)C2)c2ccccc2c1=O. The molecule has 3 aromatic rings. The van der Waals surface area contributed by atoms with Crippen molar-refractivity contribution in [3.63, 3.8) is 0 Å². The first kappa shape index (κ1) is 21.7. The zero-order valence-corrected chi connectivity index (χ0v) is 18.5. The molecule has 0 aliphatic carbocycles. The van der Waals surface area contributed by atoms with Gasteiger partial charge < -0.3 is 10.2 Å². The van der Waals surface area contributed by atoms with Crippen molar-refractivity contribution in [2.75, 3.05) is 18.4 Å². The van der Waals surface area contributed by atoms with Crippen LogP contribution in [0.15, 0.2) is 59.4 Å². The van der Waals surface area contributed by atoms with E-state index in [0.717, 1.165) is 18.5 Å². The summed E-state index contributed by atoms with van der Waals surface area (Å²) in [7, 11) is 0. The van der Waals surface area contributed by atoms with E-state index >= 15 is 0 Å². The molecule has 32 heavy (non-hydrogen) atoms. The molecule has 7 heteroatoms. The number of benzene rings is 2. The number of para-hydroxylation sites is 1. The molecule has 1 atom stereocenters. The standard InChI is InChI=1S/C25H28N4O3/c1-17(2)15-29-24(31)21-13-7-6-12-20(21)22(27-29)25(32)28-14-8-9-18(16-28)23(30)26-19-10-4-3-5-11-19/h3-7,10-13,17-18H,8-9,14-16H2,1-2H3,(H,26,30). The lowest BCUT2D eigenvalue weighted by atomic mass is 9.96. The Morgan fingerprint density at radius 1 is 1.06 bits per heavy atom. The number of carbonyl (C=O) groups is 2. The minimum Gasteiger partial charge on any atom is -0.336 e. The Morgan fingerprint density at radius 3 is 2.47 bits per heavy atom. The highest BCUT2D eigenvalue weighted by atomic mass is 16.2. The highest BCUT2D eigenvalue weighted by Crippen LogP contribution is 2.22. The predicted octanol–water partition coefficient (Wildman–Crippen LogP) is 3.54. The van der Waals surface area contributed by atoms with Gasteiger partial charge in [0.1, 0.15) is 0 Å². The molecule has 0 saturated carbocycles. The number of anilines is 1. The van der Waals surface area contributed by atoms with Crippen molar-refractivity contribution in [3.05, 3.63) is 70.6 Å². The molecule has 2 amide bonds. The second-order valence-electron chi connectivity index (χ2n) is 8.72. The Hall–Kier alpha value is -3.48. The van der Waals surface area contributed by atoms with E-state index in [1.807, 2.05) is 44.2 Å².